The Bertz CT molecular complexity index is 363. The van der Waals surface area contributed by atoms with E-state index >= 15 is 0 Å². The van der Waals surface area contributed by atoms with Gasteiger partial charge in [0.05, 0.1) is 39.3 Å². The Labute approximate surface area is 131 Å². The molecule has 0 amide bonds. The van der Waals surface area contributed by atoms with Crippen LogP contribution in [0.2, 0.25) is 0 Å². The molecule has 1 rings (SSSR count). The molecule has 1 aromatic rings. The number of carbonyl (C=O) groups excluding carboxylic acids is 1. The molecule has 0 saturated carbocycles. The second-order valence-corrected chi connectivity index (χ2v) is 4.67. The van der Waals surface area contributed by atoms with Crippen LogP contribution in [0.25, 0.3) is 0 Å². The van der Waals surface area contributed by atoms with Crippen LogP contribution in [0.1, 0.15) is 25.5 Å². The van der Waals surface area contributed by atoms with Gasteiger partial charge in [0, 0.05) is 6.61 Å². The molecule has 0 unspecified atom stereocenters. The fraction of sp³-hybridized carbons (Fsp3) is 0.688. The van der Waals surface area contributed by atoms with Gasteiger partial charge >= 0.3 is 5.97 Å². The van der Waals surface area contributed by atoms with Crippen molar-refractivity contribution in [3.63, 3.8) is 0 Å². The number of carbonyl (C=O) groups is 1. The standard InChI is InChI=1S/C16H26O6/c1-2-3-6-18-8-9-19-10-11-20-12-13-22-16(17)14-15-5-4-7-21-15/h4-5,7H,2-3,6,8-14H2,1H3. The van der Waals surface area contributed by atoms with Crippen molar-refractivity contribution in [2.75, 3.05) is 46.2 Å². The molecule has 0 aromatic carbocycles. The summed E-state index contributed by atoms with van der Waals surface area (Å²) < 4.78 is 26.1. The van der Waals surface area contributed by atoms with Crippen LogP contribution < -0.4 is 0 Å². The van der Waals surface area contributed by atoms with Gasteiger partial charge in [0.2, 0.25) is 0 Å². The number of hydrogen-bond donors (Lipinski definition) is 0. The number of ether oxygens (including phenoxy) is 4. The number of hydrogen-bond acceptors (Lipinski definition) is 6. The minimum atomic E-state index is -0.320. The van der Waals surface area contributed by atoms with Crippen molar-refractivity contribution in [3.8, 4) is 0 Å². The third-order valence-electron chi connectivity index (χ3n) is 2.78. The summed E-state index contributed by atoms with van der Waals surface area (Å²) in [5, 5.41) is 0. The lowest BCUT2D eigenvalue weighted by Crippen LogP contribution is -2.15. The van der Waals surface area contributed by atoms with E-state index in [4.69, 9.17) is 23.4 Å². The summed E-state index contributed by atoms with van der Waals surface area (Å²) in [6.45, 7) is 5.70. The summed E-state index contributed by atoms with van der Waals surface area (Å²) in [6, 6.07) is 3.47. The Morgan fingerprint density at radius 3 is 2.23 bits per heavy atom. The van der Waals surface area contributed by atoms with Crippen LogP contribution in [0.4, 0.5) is 0 Å². The quantitative estimate of drug-likeness (QED) is 0.387. The normalized spacial score (nSPS) is 10.8. The average molecular weight is 314 g/mol. The number of rotatable bonds is 14. The predicted octanol–water partition coefficient (Wildman–Crippen LogP) is 2.22. The van der Waals surface area contributed by atoms with E-state index in [1.54, 1.807) is 12.1 Å². The molecule has 0 aliphatic carbocycles. The van der Waals surface area contributed by atoms with Crippen molar-refractivity contribution in [2.45, 2.75) is 26.2 Å². The molecule has 1 aromatic heterocycles. The average Bonchev–Trinajstić information content (AvgIpc) is 3.01. The van der Waals surface area contributed by atoms with Crippen molar-refractivity contribution in [1.82, 2.24) is 0 Å². The Kier molecular flexibility index (Phi) is 11.3. The van der Waals surface area contributed by atoms with Crippen molar-refractivity contribution < 1.29 is 28.2 Å². The maximum absolute atomic E-state index is 11.4. The first-order valence-corrected chi connectivity index (χ1v) is 7.74. The Morgan fingerprint density at radius 2 is 1.64 bits per heavy atom. The molecule has 1 heterocycles. The van der Waals surface area contributed by atoms with Crippen molar-refractivity contribution in [3.05, 3.63) is 24.2 Å². The molecule has 0 aliphatic heterocycles. The maximum Gasteiger partial charge on any atom is 0.313 e. The minimum absolute atomic E-state index is 0.147. The Morgan fingerprint density at radius 1 is 1.00 bits per heavy atom. The lowest BCUT2D eigenvalue weighted by atomic mass is 10.3. The molecule has 0 atom stereocenters. The fourth-order valence-electron chi connectivity index (χ4n) is 1.61. The van der Waals surface area contributed by atoms with Crippen LogP contribution in [0.5, 0.6) is 0 Å². The van der Waals surface area contributed by atoms with Gasteiger partial charge < -0.3 is 23.4 Å². The molecule has 0 aliphatic rings. The lowest BCUT2D eigenvalue weighted by molar-refractivity contribution is -0.144. The molecule has 0 fully saturated rings. The zero-order chi connectivity index (χ0) is 15.9. The highest BCUT2D eigenvalue weighted by Gasteiger charge is 2.06. The van der Waals surface area contributed by atoms with Gasteiger partial charge in [-0.1, -0.05) is 13.3 Å². The second-order valence-electron chi connectivity index (χ2n) is 4.67. The molecule has 0 bridgehead atoms. The topological polar surface area (TPSA) is 67.1 Å². The number of furan rings is 1. The van der Waals surface area contributed by atoms with Gasteiger partial charge in [0.25, 0.3) is 0 Å². The summed E-state index contributed by atoms with van der Waals surface area (Å²) in [4.78, 5) is 11.4. The molecule has 22 heavy (non-hydrogen) atoms. The molecular formula is C16H26O6. The third-order valence-corrected chi connectivity index (χ3v) is 2.78. The number of unbranched alkanes of at least 4 members (excludes halogenated alkanes) is 1. The van der Waals surface area contributed by atoms with Gasteiger partial charge in [0.15, 0.2) is 0 Å². The highest BCUT2D eigenvalue weighted by molar-refractivity contribution is 5.71. The van der Waals surface area contributed by atoms with Gasteiger partial charge in [0.1, 0.15) is 18.8 Å². The highest BCUT2D eigenvalue weighted by Crippen LogP contribution is 2.01. The zero-order valence-corrected chi connectivity index (χ0v) is 13.3. The molecule has 6 nitrogen and oxygen atoms in total. The van der Waals surface area contributed by atoms with Crippen LogP contribution in [0.3, 0.4) is 0 Å². The molecule has 0 radical (unpaired) electrons. The summed E-state index contributed by atoms with van der Waals surface area (Å²) in [6.07, 6.45) is 3.90. The summed E-state index contributed by atoms with van der Waals surface area (Å²) >= 11 is 0. The molecular weight excluding hydrogens is 288 g/mol. The van der Waals surface area contributed by atoms with Gasteiger partial charge in [-0.3, -0.25) is 4.79 Å². The lowest BCUT2D eigenvalue weighted by Gasteiger charge is -2.07. The summed E-state index contributed by atoms with van der Waals surface area (Å²) in [7, 11) is 0. The van der Waals surface area contributed by atoms with E-state index in [1.165, 1.54) is 6.26 Å². The van der Waals surface area contributed by atoms with E-state index in [1.807, 2.05) is 0 Å². The molecule has 0 spiro atoms. The van der Waals surface area contributed by atoms with Crippen LogP contribution >= 0.6 is 0 Å². The second kappa shape index (κ2) is 13.3. The van der Waals surface area contributed by atoms with Gasteiger partial charge in [-0.2, -0.15) is 0 Å². The van der Waals surface area contributed by atoms with E-state index in [0.717, 1.165) is 19.4 Å². The molecule has 0 saturated heterocycles. The molecule has 0 N–H and O–H groups in total. The molecule has 6 heteroatoms. The van der Waals surface area contributed by atoms with E-state index < -0.39 is 0 Å². The third kappa shape index (κ3) is 10.4. The Hall–Kier alpha value is -1.37. The van der Waals surface area contributed by atoms with Crippen LogP contribution in [0.15, 0.2) is 22.8 Å². The van der Waals surface area contributed by atoms with E-state index in [0.29, 0.717) is 38.8 Å². The van der Waals surface area contributed by atoms with Crippen molar-refractivity contribution in [2.24, 2.45) is 0 Å². The largest absolute Gasteiger partial charge is 0.469 e. The van der Waals surface area contributed by atoms with E-state index in [2.05, 4.69) is 6.92 Å². The highest BCUT2D eigenvalue weighted by atomic mass is 16.6. The van der Waals surface area contributed by atoms with Crippen LogP contribution in [-0.2, 0) is 30.2 Å². The van der Waals surface area contributed by atoms with Crippen molar-refractivity contribution in [1.29, 1.82) is 0 Å². The van der Waals surface area contributed by atoms with Gasteiger partial charge in [-0.15, -0.1) is 0 Å². The van der Waals surface area contributed by atoms with Gasteiger partial charge in [-0.25, -0.2) is 0 Å². The maximum atomic E-state index is 11.4. The smallest absolute Gasteiger partial charge is 0.313 e. The summed E-state index contributed by atoms with van der Waals surface area (Å²) in [5.41, 5.74) is 0. The SMILES string of the molecule is CCCCOCCOCCOCCOC(=O)Cc1ccco1. The van der Waals surface area contributed by atoms with E-state index in [9.17, 15) is 4.79 Å². The predicted molar refractivity (Wildman–Crippen MR) is 80.7 cm³/mol. The van der Waals surface area contributed by atoms with Crippen molar-refractivity contribution >= 4 is 5.97 Å². The first-order chi connectivity index (χ1) is 10.8. The fourth-order valence-corrected chi connectivity index (χ4v) is 1.61. The van der Waals surface area contributed by atoms with Crippen LogP contribution in [0, 0.1) is 0 Å². The Balaban J connectivity index is 1.79. The summed E-state index contributed by atoms with van der Waals surface area (Å²) in [5.74, 6) is 0.277. The first kappa shape index (κ1) is 18.7. The molecule has 126 valence electrons. The van der Waals surface area contributed by atoms with E-state index in [-0.39, 0.29) is 19.0 Å². The van der Waals surface area contributed by atoms with Gasteiger partial charge in [-0.05, 0) is 18.6 Å². The monoisotopic (exact) mass is 314 g/mol. The zero-order valence-electron chi connectivity index (χ0n) is 13.3. The first-order valence-electron chi connectivity index (χ1n) is 7.74. The van der Waals surface area contributed by atoms with Crippen LogP contribution in [-0.4, -0.2) is 52.2 Å². The number of esters is 1. The minimum Gasteiger partial charge on any atom is -0.469 e.